The topological polar surface area (TPSA) is 50.7 Å². The van der Waals surface area contributed by atoms with Crippen LogP contribution in [0.1, 0.15) is 6.42 Å². The Hall–Kier alpha value is -2.04. The predicted molar refractivity (Wildman–Crippen MR) is 83.0 cm³/mol. The molecule has 112 valence electrons. The van der Waals surface area contributed by atoms with Gasteiger partial charge in [-0.2, -0.15) is 0 Å². The maximum Gasteiger partial charge on any atom is 0.127 e. The van der Waals surface area contributed by atoms with Crippen molar-refractivity contribution in [3.05, 3.63) is 54.6 Å². The van der Waals surface area contributed by atoms with Gasteiger partial charge in [0, 0.05) is 12.6 Å². The van der Waals surface area contributed by atoms with Crippen LogP contribution in [0.5, 0.6) is 17.2 Å². The molecular weight excluding hydrogens is 266 g/mol. The zero-order valence-electron chi connectivity index (χ0n) is 12.2. The molecule has 2 N–H and O–H groups in total. The van der Waals surface area contributed by atoms with Gasteiger partial charge in [-0.15, -0.1) is 0 Å². The van der Waals surface area contributed by atoms with Crippen LogP contribution in [-0.4, -0.2) is 31.4 Å². The third kappa shape index (κ3) is 5.10. The summed E-state index contributed by atoms with van der Waals surface area (Å²) in [5.74, 6) is 2.37. The van der Waals surface area contributed by atoms with E-state index in [1.165, 1.54) is 0 Å². The zero-order chi connectivity index (χ0) is 14.9. The van der Waals surface area contributed by atoms with E-state index in [-0.39, 0.29) is 12.6 Å². The first-order valence-electron chi connectivity index (χ1n) is 7.05. The second-order valence-corrected chi connectivity index (χ2v) is 4.70. The first-order valence-corrected chi connectivity index (χ1v) is 7.05. The fourth-order valence-electron chi connectivity index (χ4n) is 1.89. The van der Waals surface area contributed by atoms with E-state index < -0.39 is 0 Å². The molecule has 0 aromatic heterocycles. The van der Waals surface area contributed by atoms with Crippen LogP contribution in [0.3, 0.4) is 0 Å². The zero-order valence-corrected chi connectivity index (χ0v) is 12.2. The molecule has 0 amide bonds. The minimum absolute atomic E-state index is 0.148. The van der Waals surface area contributed by atoms with Gasteiger partial charge in [-0.3, -0.25) is 0 Å². The number of nitrogens with one attached hydrogen (secondary N) is 1. The lowest BCUT2D eigenvalue weighted by molar-refractivity contribution is 0.219. The molecule has 0 bridgehead atoms. The van der Waals surface area contributed by atoms with E-state index >= 15 is 0 Å². The van der Waals surface area contributed by atoms with Crippen molar-refractivity contribution in [1.29, 1.82) is 0 Å². The lowest BCUT2D eigenvalue weighted by Crippen LogP contribution is -2.32. The minimum Gasteiger partial charge on any atom is -0.492 e. The highest BCUT2D eigenvalue weighted by molar-refractivity contribution is 5.35. The normalized spacial score (nSPS) is 11.9. The van der Waals surface area contributed by atoms with Gasteiger partial charge in [0.25, 0.3) is 0 Å². The highest BCUT2D eigenvalue weighted by Crippen LogP contribution is 2.23. The Balaban J connectivity index is 1.87. The Labute approximate surface area is 125 Å². The standard InChI is InChI=1S/C17H21NO3/c1-18-14(11-12-19)13-20-15-7-9-17(10-8-15)21-16-5-3-2-4-6-16/h2-10,14,18-19H,11-13H2,1H3. The average molecular weight is 287 g/mol. The SMILES string of the molecule is CNC(CCO)COc1ccc(Oc2ccccc2)cc1. The molecule has 2 rings (SSSR count). The molecule has 0 saturated carbocycles. The number of rotatable bonds is 8. The van der Waals surface area contributed by atoms with Crippen molar-refractivity contribution in [3.8, 4) is 17.2 Å². The van der Waals surface area contributed by atoms with Crippen molar-refractivity contribution < 1.29 is 14.6 Å². The molecular formula is C17H21NO3. The summed E-state index contributed by atoms with van der Waals surface area (Å²) in [4.78, 5) is 0. The van der Waals surface area contributed by atoms with Gasteiger partial charge in [0.05, 0.1) is 0 Å². The Kier molecular flexibility index (Phi) is 6.06. The molecule has 0 aliphatic rings. The number of aliphatic hydroxyl groups excluding tert-OH is 1. The van der Waals surface area contributed by atoms with E-state index in [9.17, 15) is 0 Å². The van der Waals surface area contributed by atoms with Gasteiger partial charge in [-0.05, 0) is 49.9 Å². The summed E-state index contributed by atoms with van der Waals surface area (Å²) in [5, 5.41) is 12.0. The van der Waals surface area contributed by atoms with Crippen molar-refractivity contribution in [2.75, 3.05) is 20.3 Å². The molecule has 0 heterocycles. The number of para-hydroxylation sites is 1. The largest absolute Gasteiger partial charge is 0.492 e. The number of benzene rings is 2. The van der Waals surface area contributed by atoms with Gasteiger partial charge in [0.2, 0.25) is 0 Å². The van der Waals surface area contributed by atoms with Gasteiger partial charge < -0.3 is 19.9 Å². The van der Waals surface area contributed by atoms with Crippen LogP contribution in [0.15, 0.2) is 54.6 Å². The Morgan fingerprint density at radius 3 is 2.19 bits per heavy atom. The smallest absolute Gasteiger partial charge is 0.127 e. The molecule has 2 aromatic carbocycles. The van der Waals surface area contributed by atoms with E-state index in [2.05, 4.69) is 5.32 Å². The average Bonchev–Trinajstić information content (AvgIpc) is 2.54. The van der Waals surface area contributed by atoms with E-state index in [0.29, 0.717) is 13.0 Å². The second kappa shape index (κ2) is 8.29. The van der Waals surface area contributed by atoms with Crippen molar-refractivity contribution in [3.63, 3.8) is 0 Å². The van der Waals surface area contributed by atoms with Crippen LogP contribution in [0.4, 0.5) is 0 Å². The number of hydrogen-bond acceptors (Lipinski definition) is 4. The lowest BCUT2D eigenvalue weighted by Gasteiger charge is -2.16. The fourth-order valence-corrected chi connectivity index (χ4v) is 1.89. The number of ether oxygens (including phenoxy) is 2. The molecule has 0 saturated heterocycles. The molecule has 2 aromatic rings. The highest BCUT2D eigenvalue weighted by atomic mass is 16.5. The first kappa shape index (κ1) is 15.4. The van der Waals surface area contributed by atoms with E-state index in [4.69, 9.17) is 14.6 Å². The third-order valence-electron chi connectivity index (χ3n) is 3.14. The van der Waals surface area contributed by atoms with Gasteiger partial charge in [0.1, 0.15) is 23.9 Å². The molecule has 1 atom stereocenters. The number of likely N-dealkylation sites (N-methyl/N-ethyl adjacent to an activating group) is 1. The molecule has 4 heteroatoms. The maximum absolute atomic E-state index is 8.93. The van der Waals surface area contributed by atoms with E-state index in [0.717, 1.165) is 17.2 Å². The molecule has 0 aliphatic carbocycles. The van der Waals surface area contributed by atoms with Crippen LogP contribution in [-0.2, 0) is 0 Å². The van der Waals surface area contributed by atoms with Crippen molar-refractivity contribution in [2.45, 2.75) is 12.5 Å². The van der Waals surface area contributed by atoms with E-state index in [1.54, 1.807) is 0 Å². The van der Waals surface area contributed by atoms with Crippen LogP contribution in [0.25, 0.3) is 0 Å². The summed E-state index contributed by atoms with van der Waals surface area (Å²) in [5.41, 5.74) is 0. The van der Waals surface area contributed by atoms with E-state index in [1.807, 2.05) is 61.6 Å². The van der Waals surface area contributed by atoms with Crippen LogP contribution >= 0.6 is 0 Å². The molecule has 0 radical (unpaired) electrons. The maximum atomic E-state index is 8.93. The first-order chi connectivity index (χ1) is 10.3. The quantitative estimate of drug-likeness (QED) is 0.784. The van der Waals surface area contributed by atoms with Gasteiger partial charge >= 0.3 is 0 Å². The Morgan fingerprint density at radius 2 is 1.57 bits per heavy atom. The highest BCUT2D eigenvalue weighted by Gasteiger charge is 2.06. The number of hydrogen-bond donors (Lipinski definition) is 2. The molecule has 1 unspecified atom stereocenters. The van der Waals surface area contributed by atoms with Gasteiger partial charge in [0.15, 0.2) is 0 Å². The molecule has 0 aliphatic heterocycles. The van der Waals surface area contributed by atoms with Crippen molar-refractivity contribution in [2.24, 2.45) is 0 Å². The van der Waals surface area contributed by atoms with Crippen LogP contribution in [0, 0.1) is 0 Å². The predicted octanol–water partition coefficient (Wildman–Crippen LogP) is 2.83. The lowest BCUT2D eigenvalue weighted by atomic mass is 10.2. The summed E-state index contributed by atoms with van der Waals surface area (Å²) in [6.07, 6.45) is 0.672. The van der Waals surface area contributed by atoms with Crippen molar-refractivity contribution >= 4 is 0 Å². The third-order valence-corrected chi connectivity index (χ3v) is 3.14. The fraction of sp³-hybridized carbons (Fsp3) is 0.294. The molecule has 0 fully saturated rings. The summed E-state index contributed by atoms with van der Waals surface area (Å²) in [6, 6.07) is 17.3. The summed E-state index contributed by atoms with van der Waals surface area (Å²) in [7, 11) is 1.86. The van der Waals surface area contributed by atoms with Gasteiger partial charge in [-0.1, -0.05) is 18.2 Å². The molecule has 21 heavy (non-hydrogen) atoms. The molecule has 4 nitrogen and oxygen atoms in total. The second-order valence-electron chi connectivity index (χ2n) is 4.70. The summed E-state index contributed by atoms with van der Waals surface area (Å²) in [6.45, 7) is 0.675. The minimum atomic E-state index is 0.148. The molecule has 0 spiro atoms. The summed E-state index contributed by atoms with van der Waals surface area (Å²) >= 11 is 0. The summed E-state index contributed by atoms with van der Waals surface area (Å²) < 4.78 is 11.4. The van der Waals surface area contributed by atoms with Crippen LogP contribution in [0.2, 0.25) is 0 Å². The van der Waals surface area contributed by atoms with Crippen molar-refractivity contribution in [1.82, 2.24) is 5.32 Å². The van der Waals surface area contributed by atoms with Crippen LogP contribution < -0.4 is 14.8 Å². The Bertz CT molecular complexity index is 513. The monoisotopic (exact) mass is 287 g/mol. The van der Waals surface area contributed by atoms with Gasteiger partial charge in [-0.25, -0.2) is 0 Å². The number of aliphatic hydroxyl groups is 1. The Morgan fingerprint density at radius 1 is 0.952 bits per heavy atom.